The third kappa shape index (κ3) is 4.42. The summed E-state index contributed by atoms with van der Waals surface area (Å²) in [6.45, 7) is 0.976. The molecule has 5 aromatic rings. The van der Waals surface area contributed by atoms with E-state index in [2.05, 4.69) is 9.55 Å². The van der Waals surface area contributed by atoms with Gasteiger partial charge in [-0.3, -0.25) is 4.79 Å². The highest BCUT2D eigenvalue weighted by Crippen LogP contribution is 2.31. The topological polar surface area (TPSA) is 90.1 Å². The molecule has 0 saturated carbocycles. The highest BCUT2D eigenvalue weighted by Gasteiger charge is 2.30. The third-order valence-electron chi connectivity index (χ3n) is 6.92. The Morgan fingerprint density at radius 3 is 2.42 bits per heavy atom. The van der Waals surface area contributed by atoms with Gasteiger partial charge in [0.05, 0.1) is 22.2 Å². The number of para-hydroxylation sites is 1. The van der Waals surface area contributed by atoms with Crippen LogP contribution in [-0.4, -0.2) is 51.2 Å². The molecule has 8 nitrogen and oxygen atoms in total. The molecule has 0 radical (unpaired) electrons. The van der Waals surface area contributed by atoms with E-state index in [1.165, 1.54) is 21.3 Å². The Kier molecular flexibility index (Phi) is 6.14. The van der Waals surface area contributed by atoms with Crippen LogP contribution in [0, 0.1) is 0 Å². The highest BCUT2D eigenvalue weighted by atomic mass is 35.5. The van der Waals surface area contributed by atoms with Crippen LogP contribution in [0.25, 0.3) is 39.4 Å². The van der Waals surface area contributed by atoms with Crippen molar-refractivity contribution in [1.82, 2.24) is 23.4 Å². The van der Waals surface area contributed by atoms with Crippen molar-refractivity contribution in [2.75, 3.05) is 19.3 Å². The Morgan fingerprint density at radius 2 is 1.71 bits per heavy atom. The summed E-state index contributed by atoms with van der Waals surface area (Å²) in [7, 11) is -3.22. The quantitative estimate of drug-likeness (QED) is 0.317. The number of fused-ring (bicyclic) bond motifs is 1. The molecule has 1 fully saturated rings. The SMILES string of the molecule is CS(=O)(=O)N1CCC(n2cccc2-c2ccc(-c3nc4ccccc4c(=O)n3-c3ccc(Cl)cn3)cc2)C1. The van der Waals surface area contributed by atoms with Crippen LogP contribution in [-0.2, 0) is 10.0 Å². The van der Waals surface area contributed by atoms with E-state index in [-0.39, 0.29) is 11.6 Å². The van der Waals surface area contributed by atoms with E-state index in [0.717, 1.165) is 23.2 Å². The van der Waals surface area contributed by atoms with E-state index in [0.29, 0.717) is 40.7 Å². The first-order valence-electron chi connectivity index (χ1n) is 12.2. The molecule has 1 aliphatic heterocycles. The fourth-order valence-corrected chi connectivity index (χ4v) is 6.02. The van der Waals surface area contributed by atoms with Gasteiger partial charge >= 0.3 is 0 Å². The van der Waals surface area contributed by atoms with Crippen LogP contribution in [0.1, 0.15) is 12.5 Å². The molecule has 0 aliphatic carbocycles. The predicted octanol–water partition coefficient (Wildman–Crippen LogP) is 4.78. The molecule has 0 amide bonds. The number of pyridine rings is 1. The molecule has 192 valence electrons. The van der Waals surface area contributed by atoms with Crippen LogP contribution < -0.4 is 5.56 Å². The largest absolute Gasteiger partial charge is 0.343 e. The minimum atomic E-state index is -3.22. The maximum atomic E-state index is 13.6. The van der Waals surface area contributed by atoms with Crippen molar-refractivity contribution < 1.29 is 8.42 Å². The van der Waals surface area contributed by atoms with Gasteiger partial charge in [0.2, 0.25) is 10.0 Å². The second-order valence-corrected chi connectivity index (χ2v) is 11.8. The number of rotatable bonds is 5. The number of hydrogen-bond acceptors (Lipinski definition) is 5. The van der Waals surface area contributed by atoms with Crippen molar-refractivity contribution in [3.05, 3.63) is 101 Å². The zero-order valence-electron chi connectivity index (χ0n) is 20.5. The average molecular weight is 546 g/mol. The Hall–Kier alpha value is -3.79. The zero-order valence-corrected chi connectivity index (χ0v) is 22.1. The molecular formula is C28H24ClN5O3S. The van der Waals surface area contributed by atoms with Gasteiger partial charge < -0.3 is 4.57 Å². The van der Waals surface area contributed by atoms with Crippen LogP contribution in [0.15, 0.2) is 90.0 Å². The molecule has 1 atom stereocenters. The van der Waals surface area contributed by atoms with E-state index in [9.17, 15) is 13.2 Å². The number of aromatic nitrogens is 4. The van der Waals surface area contributed by atoms with Crippen molar-refractivity contribution in [2.45, 2.75) is 12.5 Å². The van der Waals surface area contributed by atoms with Crippen LogP contribution in [0.2, 0.25) is 5.02 Å². The standard InChI is InChI=1S/C28H24ClN5O3S/c1-38(36,37)32-16-14-22(18-32)33-15-4-7-25(33)19-8-10-20(11-9-19)27-31-24-6-3-2-5-23(24)28(35)34(27)26-13-12-21(29)17-30-26/h2-13,15,17,22H,14,16,18H2,1H3. The van der Waals surface area contributed by atoms with E-state index in [4.69, 9.17) is 16.6 Å². The predicted molar refractivity (Wildman–Crippen MR) is 149 cm³/mol. The summed E-state index contributed by atoms with van der Waals surface area (Å²) in [5.41, 5.74) is 3.13. The smallest absolute Gasteiger partial charge is 0.267 e. The van der Waals surface area contributed by atoms with Gasteiger partial charge in [-0.2, -0.15) is 0 Å². The number of nitrogens with zero attached hydrogens (tertiary/aromatic N) is 5. The molecule has 10 heteroatoms. The first-order chi connectivity index (χ1) is 18.3. The van der Waals surface area contributed by atoms with Crippen molar-refractivity contribution in [2.24, 2.45) is 0 Å². The summed E-state index contributed by atoms with van der Waals surface area (Å²) in [5.74, 6) is 0.910. The summed E-state index contributed by atoms with van der Waals surface area (Å²) in [4.78, 5) is 22.8. The lowest BCUT2D eigenvalue weighted by Gasteiger charge is -2.18. The highest BCUT2D eigenvalue weighted by molar-refractivity contribution is 7.88. The molecule has 4 heterocycles. The van der Waals surface area contributed by atoms with Crippen LogP contribution in [0.5, 0.6) is 0 Å². The molecular weight excluding hydrogens is 522 g/mol. The zero-order chi connectivity index (χ0) is 26.4. The Morgan fingerprint density at radius 1 is 0.947 bits per heavy atom. The van der Waals surface area contributed by atoms with Crippen LogP contribution in [0.3, 0.4) is 0 Å². The van der Waals surface area contributed by atoms with Gasteiger partial charge in [-0.25, -0.2) is 27.3 Å². The monoisotopic (exact) mass is 545 g/mol. The summed E-state index contributed by atoms with van der Waals surface area (Å²) in [5, 5.41) is 0.980. The molecule has 1 saturated heterocycles. The molecule has 38 heavy (non-hydrogen) atoms. The molecule has 1 aliphatic rings. The maximum Gasteiger partial charge on any atom is 0.267 e. The average Bonchev–Trinajstić information content (AvgIpc) is 3.60. The Balaban J connectivity index is 1.41. The molecule has 6 rings (SSSR count). The van der Waals surface area contributed by atoms with Gasteiger partial charge in [0.1, 0.15) is 11.6 Å². The van der Waals surface area contributed by atoms with Crippen molar-refractivity contribution in [3.63, 3.8) is 0 Å². The third-order valence-corrected chi connectivity index (χ3v) is 8.42. The summed E-state index contributed by atoms with van der Waals surface area (Å²) in [6.07, 6.45) is 5.51. The lowest BCUT2D eigenvalue weighted by atomic mass is 10.1. The fraction of sp³-hybridized carbons (Fsp3) is 0.179. The molecule has 0 N–H and O–H groups in total. The summed E-state index contributed by atoms with van der Waals surface area (Å²) >= 11 is 6.05. The minimum absolute atomic E-state index is 0.0673. The number of benzene rings is 2. The number of hydrogen-bond donors (Lipinski definition) is 0. The number of halogens is 1. The second kappa shape index (κ2) is 9.50. The van der Waals surface area contributed by atoms with Crippen molar-refractivity contribution in [3.8, 4) is 28.5 Å². The molecule has 2 aromatic carbocycles. The van der Waals surface area contributed by atoms with E-state index in [1.807, 2.05) is 60.8 Å². The van der Waals surface area contributed by atoms with E-state index in [1.54, 1.807) is 18.2 Å². The molecule has 3 aromatic heterocycles. The minimum Gasteiger partial charge on any atom is -0.343 e. The van der Waals surface area contributed by atoms with E-state index >= 15 is 0 Å². The Labute approximate surface area is 224 Å². The summed E-state index contributed by atoms with van der Waals surface area (Å²) in [6, 6.07) is 22.6. The van der Waals surface area contributed by atoms with Crippen LogP contribution >= 0.6 is 11.6 Å². The molecule has 1 unspecified atom stereocenters. The summed E-state index contributed by atoms with van der Waals surface area (Å²) < 4.78 is 29.2. The second-order valence-electron chi connectivity index (χ2n) is 9.37. The van der Waals surface area contributed by atoms with Gasteiger partial charge in [-0.1, -0.05) is 48.0 Å². The first-order valence-corrected chi connectivity index (χ1v) is 14.4. The first kappa shape index (κ1) is 24.5. The lowest BCUT2D eigenvalue weighted by Crippen LogP contribution is -2.27. The van der Waals surface area contributed by atoms with Gasteiger partial charge in [0.25, 0.3) is 5.56 Å². The van der Waals surface area contributed by atoms with Crippen molar-refractivity contribution in [1.29, 1.82) is 0 Å². The number of sulfonamides is 1. The molecule has 0 bridgehead atoms. The van der Waals surface area contributed by atoms with Crippen molar-refractivity contribution >= 4 is 32.5 Å². The van der Waals surface area contributed by atoms with Crippen LogP contribution in [0.4, 0.5) is 0 Å². The van der Waals surface area contributed by atoms with Gasteiger partial charge in [-0.15, -0.1) is 0 Å². The van der Waals surface area contributed by atoms with Gasteiger partial charge in [0.15, 0.2) is 0 Å². The Bertz CT molecular complexity index is 1810. The fourth-order valence-electron chi connectivity index (χ4n) is 5.03. The van der Waals surface area contributed by atoms with Gasteiger partial charge in [0, 0.05) is 42.8 Å². The maximum absolute atomic E-state index is 13.6. The van der Waals surface area contributed by atoms with E-state index < -0.39 is 10.0 Å². The molecule has 0 spiro atoms. The lowest BCUT2D eigenvalue weighted by molar-refractivity contribution is 0.458. The normalized spacial score (nSPS) is 16.3. The van der Waals surface area contributed by atoms with Gasteiger partial charge in [-0.05, 0) is 48.4 Å².